The van der Waals surface area contributed by atoms with Crippen molar-refractivity contribution in [3.63, 3.8) is 0 Å². The number of ether oxygens (including phenoxy) is 1. The minimum absolute atomic E-state index is 0.0589. The van der Waals surface area contributed by atoms with Crippen molar-refractivity contribution < 1.29 is 9.53 Å². The van der Waals surface area contributed by atoms with E-state index in [1.165, 1.54) is 0 Å². The number of nitrogens with zero attached hydrogens (tertiary/aromatic N) is 2. The van der Waals surface area contributed by atoms with Crippen molar-refractivity contribution in [2.45, 2.75) is 6.42 Å². The van der Waals surface area contributed by atoms with Crippen molar-refractivity contribution in [3.8, 4) is 11.3 Å². The first-order chi connectivity index (χ1) is 11.3. The van der Waals surface area contributed by atoms with Gasteiger partial charge in [0.05, 0.1) is 24.5 Å². The summed E-state index contributed by atoms with van der Waals surface area (Å²) in [5, 5.41) is 7.03. The molecular weight excluding hydrogens is 310 g/mol. The number of amides is 1. The van der Waals surface area contributed by atoms with E-state index in [0.29, 0.717) is 12.1 Å². The average Bonchev–Trinajstić information content (AvgIpc) is 3.14. The van der Waals surface area contributed by atoms with Crippen molar-refractivity contribution in [1.29, 1.82) is 0 Å². The number of aromatic nitrogens is 1. The first kappa shape index (κ1) is 16.1. The predicted molar refractivity (Wildman–Crippen MR) is 91.8 cm³/mol. The molecule has 1 aliphatic rings. The molecule has 0 spiro atoms. The molecule has 1 N–H and O–H groups in total. The van der Waals surface area contributed by atoms with Crippen molar-refractivity contribution in [2.75, 3.05) is 39.4 Å². The zero-order chi connectivity index (χ0) is 15.9. The minimum Gasteiger partial charge on any atom is -0.379 e. The minimum atomic E-state index is -0.0589. The summed E-state index contributed by atoms with van der Waals surface area (Å²) >= 11 is 1.64. The van der Waals surface area contributed by atoms with Crippen LogP contribution in [0.15, 0.2) is 35.2 Å². The zero-order valence-electron chi connectivity index (χ0n) is 13.0. The summed E-state index contributed by atoms with van der Waals surface area (Å²) in [4.78, 5) is 18.8. The molecule has 23 heavy (non-hydrogen) atoms. The van der Waals surface area contributed by atoms with E-state index in [0.717, 1.165) is 50.5 Å². The fourth-order valence-corrected chi connectivity index (χ4v) is 3.19. The molecule has 5 nitrogen and oxygen atoms in total. The maximum Gasteiger partial charge on any atom is 0.252 e. The molecular formula is C17H21N3O2S. The third-order valence-corrected chi connectivity index (χ3v) is 4.57. The van der Waals surface area contributed by atoms with E-state index in [2.05, 4.69) is 15.2 Å². The van der Waals surface area contributed by atoms with Crippen molar-refractivity contribution in [2.24, 2.45) is 0 Å². The van der Waals surface area contributed by atoms with Gasteiger partial charge in [-0.1, -0.05) is 0 Å². The monoisotopic (exact) mass is 331 g/mol. The van der Waals surface area contributed by atoms with Crippen LogP contribution in [-0.4, -0.2) is 55.2 Å². The second-order valence-electron chi connectivity index (χ2n) is 5.51. The smallest absolute Gasteiger partial charge is 0.252 e. The SMILES string of the molecule is O=C(NCCCN1CCOCC1)c1ccc(-c2ccsc2)nc1. The Morgan fingerprint density at radius 1 is 1.30 bits per heavy atom. The molecule has 1 aliphatic heterocycles. The van der Waals surface area contributed by atoms with Crippen LogP contribution in [0, 0.1) is 0 Å². The van der Waals surface area contributed by atoms with Crippen LogP contribution in [0.2, 0.25) is 0 Å². The highest BCUT2D eigenvalue weighted by Gasteiger charge is 2.10. The molecule has 3 rings (SSSR count). The molecule has 0 unspecified atom stereocenters. The van der Waals surface area contributed by atoms with Crippen LogP contribution in [0.3, 0.4) is 0 Å². The summed E-state index contributed by atoms with van der Waals surface area (Å²) in [6.07, 6.45) is 2.59. The Hall–Kier alpha value is -1.76. The van der Waals surface area contributed by atoms with Gasteiger partial charge in [-0.25, -0.2) is 0 Å². The molecule has 1 saturated heterocycles. The quantitative estimate of drug-likeness (QED) is 0.825. The van der Waals surface area contributed by atoms with E-state index in [-0.39, 0.29) is 5.91 Å². The van der Waals surface area contributed by atoms with Gasteiger partial charge in [0.2, 0.25) is 0 Å². The molecule has 1 fully saturated rings. The topological polar surface area (TPSA) is 54.5 Å². The van der Waals surface area contributed by atoms with E-state index >= 15 is 0 Å². The highest BCUT2D eigenvalue weighted by Crippen LogP contribution is 2.19. The van der Waals surface area contributed by atoms with E-state index in [9.17, 15) is 4.79 Å². The number of morpholine rings is 1. The maximum atomic E-state index is 12.1. The average molecular weight is 331 g/mol. The summed E-state index contributed by atoms with van der Waals surface area (Å²) in [7, 11) is 0. The molecule has 0 bridgehead atoms. The van der Waals surface area contributed by atoms with Crippen molar-refractivity contribution in [3.05, 3.63) is 40.7 Å². The molecule has 3 heterocycles. The second kappa shape index (κ2) is 8.19. The van der Waals surface area contributed by atoms with Crippen LogP contribution >= 0.6 is 11.3 Å². The van der Waals surface area contributed by atoms with Crippen LogP contribution in [0.25, 0.3) is 11.3 Å². The number of carbonyl (C=O) groups is 1. The maximum absolute atomic E-state index is 12.1. The zero-order valence-corrected chi connectivity index (χ0v) is 13.8. The summed E-state index contributed by atoms with van der Waals surface area (Å²) in [5.41, 5.74) is 2.60. The van der Waals surface area contributed by atoms with Crippen LogP contribution in [0.5, 0.6) is 0 Å². The number of thiophene rings is 1. The van der Waals surface area contributed by atoms with Gasteiger partial charge in [-0.2, -0.15) is 11.3 Å². The standard InChI is InChI=1S/C17H21N3O2S/c21-17(18-5-1-6-20-7-9-22-10-8-20)14-2-3-16(19-12-14)15-4-11-23-13-15/h2-4,11-13H,1,5-10H2,(H,18,21). The second-order valence-corrected chi connectivity index (χ2v) is 6.29. The molecule has 0 aromatic carbocycles. The van der Waals surface area contributed by atoms with Crippen LogP contribution < -0.4 is 5.32 Å². The van der Waals surface area contributed by atoms with Crippen molar-refractivity contribution in [1.82, 2.24) is 15.2 Å². The van der Waals surface area contributed by atoms with Gasteiger partial charge in [-0.15, -0.1) is 0 Å². The molecule has 2 aromatic heterocycles. The summed E-state index contributed by atoms with van der Waals surface area (Å²) in [6.45, 7) is 5.29. The largest absolute Gasteiger partial charge is 0.379 e. The van der Waals surface area contributed by atoms with Crippen LogP contribution in [0.4, 0.5) is 0 Å². The highest BCUT2D eigenvalue weighted by molar-refractivity contribution is 7.08. The van der Waals surface area contributed by atoms with Gasteiger partial charge in [0.25, 0.3) is 5.91 Å². The fraction of sp³-hybridized carbons (Fsp3) is 0.412. The lowest BCUT2D eigenvalue weighted by atomic mass is 10.2. The summed E-state index contributed by atoms with van der Waals surface area (Å²) < 4.78 is 5.32. The van der Waals surface area contributed by atoms with E-state index in [1.54, 1.807) is 17.5 Å². The van der Waals surface area contributed by atoms with E-state index in [4.69, 9.17) is 4.74 Å². The lowest BCUT2D eigenvalue weighted by molar-refractivity contribution is 0.0374. The molecule has 1 amide bonds. The Labute approximate surface area is 140 Å². The molecule has 6 heteroatoms. The Morgan fingerprint density at radius 2 is 2.17 bits per heavy atom. The normalized spacial score (nSPS) is 15.5. The Balaban J connectivity index is 1.43. The number of pyridine rings is 1. The summed E-state index contributed by atoms with van der Waals surface area (Å²) in [5.74, 6) is -0.0589. The third kappa shape index (κ3) is 4.60. The number of nitrogens with one attached hydrogen (secondary N) is 1. The lowest BCUT2D eigenvalue weighted by Crippen LogP contribution is -2.38. The molecule has 0 aliphatic carbocycles. The van der Waals surface area contributed by atoms with Gasteiger partial charge in [-0.05, 0) is 36.5 Å². The van der Waals surface area contributed by atoms with Gasteiger partial charge in [0, 0.05) is 36.8 Å². The van der Waals surface area contributed by atoms with Gasteiger partial charge < -0.3 is 10.1 Å². The Kier molecular flexibility index (Phi) is 5.74. The van der Waals surface area contributed by atoms with Crippen molar-refractivity contribution >= 4 is 17.2 Å². The summed E-state index contributed by atoms with van der Waals surface area (Å²) in [6, 6.07) is 5.75. The Bertz CT molecular complexity index is 607. The number of carbonyl (C=O) groups excluding carboxylic acids is 1. The molecule has 0 saturated carbocycles. The van der Waals surface area contributed by atoms with Gasteiger partial charge in [0.1, 0.15) is 0 Å². The fourth-order valence-electron chi connectivity index (χ4n) is 2.54. The number of hydrogen-bond donors (Lipinski definition) is 1. The van der Waals surface area contributed by atoms with Crippen LogP contribution in [-0.2, 0) is 4.74 Å². The number of rotatable bonds is 6. The number of hydrogen-bond acceptors (Lipinski definition) is 5. The molecule has 0 atom stereocenters. The first-order valence-electron chi connectivity index (χ1n) is 7.90. The molecule has 122 valence electrons. The molecule has 2 aromatic rings. The van der Waals surface area contributed by atoms with Gasteiger partial charge in [0.15, 0.2) is 0 Å². The highest BCUT2D eigenvalue weighted by atomic mass is 32.1. The van der Waals surface area contributed by atoms with Gasteiger partial charge >= 0.3 is 0 Å². The van der Waals surface area contributed by atoms with Crippen LogP contribution in [0.1, 0.15) is 16.8 Å². The van der Waals surface area contributed by atoms with Gasteiger partial charge in [-0.3, -0.25) is 14.7 Å². The van der Waals surface area contributed by atoms with E-state index < -0.39 is 0 Å². The lowest BCUT2D eigenvalue weighted by Gasteiger charge is -2.26. The Morgan fingerprint density at radius 3 is 2.87 bits per heavy atom. The first-order valence-corrected chi connectivity index (χ1v) is 8.84. The molecule has 0 radical (unpaired) electrons. The predicted octanol–water partition coefficient (Wildman–Crippen LogP) is 2.26. The van der Waals surface area contributed by atoms with E-state index in [1.807, 2.05) is 29.0 Å². The third-order valence-electron chi connectivity index (χ3n) is 3.88.